The summed E-state index contributed by atoms with van der Waals surface area (Å²) >= 11 is 13.0. The average Bonchev–Trinajstić information content (AvgIpc) is 1.31. The van der Waals surface area contributed by atoms with Crippen LogP contribution >= 0.6 is 66.4 Å². The molecule has 0 radical (unpaired) electrons. The number of nitrogens with one attached hydrogen (secondary N) is 1. The third-order valence-electron chi connectivity index (χ3n) is 12.8. The molecule has 0 unspecified atom stereocenters. The molecule has 0 fully saturated rings. The number of phenolic OH excluding ortho intramolecular Hbond substituents is 1. The predicted molar refractivity (Wildman–Crippen MR) is 377 cm³/mol. The molecule has 0 heterocycles. The molecule has 9 aromatic carbocycles. The molecule has 0 aliphatic carbocycles. The molecule has 93 heavy (non-hydrogen) atoms. The van der Waals surface area contributed by atoms with Gasteiger partial charge in [-0.1, -0.05) is 70.5 Å². The van der Waals surface area contributed by atoms with Gasteiger partial charge in [-0.05, 0) is 185 Å². The first-order valence-electron chi connectivity index (χ1n) is 28.0. The molecule has 8 N–H and O–H groups in total. The maximum atomic E-state index is 14.1. The lowest BCUT2D eigenvalue weighted by molar-refractivity contribution is -0.117. The van der Waals surface area contributed by atoms with Gasteiger partial charge in [-0.15, -0.1) is 0 Å². The number of hydrogen-bond donors (Lipinski definition) is 5. The Balaban J connectivity index is 0.000000240. The van der Waals surface area contributed by atoms with Crippen molar-refractivity contribution >= 4 is 107 Å². The highest BCUT2D eigenvalue weighted by atomic mass is 80.0. The highest BCUT2D eigenvalue weighted by Gasteiger charge is 2.24. The van der Waals surface area contributed by atoms with E-state index < -0.39 is 17.5 Å². The van der Waals surface area contributed by atoms with Gasteiger partial charge in [0.05, 0.1) is 64.7 Å². The Labute approximate surface area is 572 Å². The highest BCUT2D eigenvalue weighted by Crippen LogP contribution is 2.59. The van der Waals surface area contributed by atoms with Crippen molar-refractivity contribution in [1.29, 1.82) is 0 Å². The molecule has 0 atom stereocenters. The number of amides is 3. The summed E-state index contributed by atoms with van der Waals surface area (Å²) in [5, 5.41) is 13.2. The zero-order valence-electron chi connectivity index (χ0n) is 51.4. The Morgan fingerprint density at radius 1 is 0.452 bits per heavy atom. The maximum absolute atomic E-state index is 14.1. The summed E-state index contributed by atoms with van der Waals surface area (Å²) in [5.74, 6) is 2.42. The van der Waals surface area contributed by atoms with Crippen molar-refractivity contribution in [1.82, 2.24) is 0 Å². The maximum Gasteiger partial charge on any atom is 0.224 e. The molecule has 25 heteroatoms. The van der Waals surface area contributed by atoms with Crippen LogP contribution in [0.3, 0.4) is 0 Å². The summed E-state index contributed by atoms with van der Waals surface area (Å²) in [6, 6.07) is 55.1. The molecule has 0 saturated heterocycles. The molecule has 9 aromatic rings. The largest absolute Gasteiger partial charge is 0.508 e. The molecular formula is C68H69Br4F3N7O10P. The first-order valence-corrected chi connectivity index (χ1v) is 36.2. The van der Waals surface area contributed by atoms with Crippen molar-refractivity contribution in [3.63, 3.8) is 0 Å². The van der Waals surface area contributed by atoms with Crippen molar-refractivity contribution in [3.05, 3.63) is 239 Å². The summed E-state index contributed by atoms with van der Waals surface area (Å²) < 4.78 is 76.2. The van der Waals surface area contributed by atoms with E-state index in [1.54, 1.807) is 68.8 Å². The second-order valence-corrected chi connectivity index (χ2v) is 35.4. The van der Waals surface area contributed by atoms with Crippen LogP contribution in [0.25, 0.3) is 0 Å². The fourth-order valence-corrected chi connectivity index (χ4v) is 8.92. The molecule has 3 amide bonds. The van der Waals surface area contributed by atoms with E-state index in [1.807, 2.05) is 84.9 Å². The van der Waals surface area contributed by atoms with Crippen molar-refractivity contribution in [2.45, 2.75) is 40.4 Å². The number of anilines is 4. The number of halogens is 7. The molecule has 0 aromatic heterocycles. The third kappa shape index (κ3) is 24.7. The molecular weight excluding hydrogens is 1480 g/mol. The Morgan fingerprint density at radius 2 is 0.763 bits per heavy atom. The lowest BCUT2D eigenvalue weighted by Crippen LogP contribution is -2.29. The summed E-state index contributed by atoms with van der Waals surface area (Å²) in [4.78, 5) is 41.6. The fraction of sp³-hybridized carbons (Fsp3) is 0.162. The molecule has 0 spiro atoms. The van der Waals surface area contributed by atoms with Crippen molar-refractivity contribution < 1.29 is 61.1 Å². The highest BCUT2D eigenvalue weighted by molar-refractivity contribution is 9.93. The van der Waals surface area contributed by atoms with Crippen molar-refractivity contribution in [2.75, 3.05) is 54.7 Å². The SMILES string of the molecule is BrP(Br)Br.COc1ccc(Br)c(CN(C(C)=O)c2cc(F)ccc2Oc2ccccc2)c1.COc1ccc(NCN)c(CN(C(C)=O)c2cc(F)ccc2Oc2ccccc2)c1.COc1ccc(O)c(CN(C(C)=O)c2cc(F)ccc2Oc2ccccc2)c1.NCN. The van der Waals surface area contributed by atoms with Crippen LogP contribution in [0.5, 0.6) is 57.5 Å². The smallest absolute Gasteiger partial charge is 0.224 e. The monoisotopic (exact) mass is 1550 g/mol. The van der Waals surface area contributed by atoms with Crippen LogP contribution < -0.4 is 65.6 Å². The molecule has 0 saturated carbocycles. The number of methoxy groups -OCH3 is 3. The van der Waals surface area contributed by atoms with Gasteiger partial charge in [-0.2, -0.15) is 0 Å². The Hall–Kier alpha value is -8.19. The van der Waals surface area contributed by atoms with E-state index in [1.165, 1.54) is 103 Å². The average molecular weight is 1550 g/mol. The Morgan fingerprint density at radius 3 is 1.11 bits per heavy atom. The van der Waals surface area contributed by atoms with Crippen molar-refractivity contribution in [3.8, 4) is 57.5 Å². The summed E-state index contributed by atoms with van der Waals surface area (Å²) in [7, 11) is 4.65. The van der Waals surface area contributed by atoms with Crippen LogP contribution in [0.2, 0.25) is 0 Å². The fourth-order valence-electron chi connectivity index (χ4n) is 8.54. The van der Waals surface area contributed by atoms with Gasteiger partial charge in [0.1, 0.15) is 61.7 Å². The zero-order valence-corrected chi connectivity index (χ0v) is 58.6. The Kier molecular flexibility index (Phi) is 32.0. The van der Waals surface area contributed by atoms with Gasteiger partial charge < -0.3 is 70.7 Å². The van der Waals surface area contributed by atoms with E-state index >= 15 is 0 Å². The molecule has 490 valence electrons. The van der Waals surface area contributed by atoms with Crippen LogP contribution in [0.1, 0.15) is 37.5 Å². The van der Waals surface area contributed by atoms with Crippen LogP contribution in [-0.2, 0) is 34.0 Å². The minimum Gasteiger partial charge on any atom is -0.508 e. The number of carbonyl (C=O) groups excluding carboxylic acids is 3. The third-order valence-corrected chi connectivity index (χ3v) is 13.6. The molecule has 0 aliphatic heterocycles. The van der Waals surface area contributed by atoms with Gasteiger partial charge >= 0.3 is 0 Å². The van der Waals surface area contributed by atoms with Crippen LogP contribution in [0.15, 0.2) is 205 Å². The van der Waals surface area contributed by atoms with Crippen LogP contribution in [-0.4, -0.2) is 57.5 Å². The number of ether oxygens (including phenoxy) is 6. The number of carbonyl (C=O) groups is 3. The summed E-state index contributed by atoms with van der Waals surface area (Å²) in [5.41, 5.74) is 18.6. The second-order valence-electron chi connectivity index (χ2n) is 19.2. The lowest BCUT2D eigenvalue weighted by Gasteiger charge is -2.25. The van der Waals surface area contributed by atoms with E-state index in [4.69, 9.17) is 34.2 Å². The number of nitrogens with two attached hydrogens (primary N) is 3. The van der Waals surface area contributed by atoms with Crippen LogP contribution in [0, 0.1) is 17.5 Å². The number of rotatable bonds is 20. The van der Waals surface area contributed by atoms with E-state index in [0.717, 1.165) is 21.3 Å². The van der Waals surface area contributed by atoms with E-state index in [-0.39, 0.29) is 66.2 Å². The summed E-state index contributed by atoms with van der Waals surface area (Å²) in [6.45, 7) is 5.12. The Bertz CT molecular complexity index is 3680. The van der Waals surface area contributed by atoms with E-state index in [9.17, 15) is 32.7 Å². The number of aromatic hydroxyl groups is 1. The zero-order chi connectivity index (χ0) is 68.0. The van der Waals surface area contributed by atoms with Gasteiger partial charge in [-0.25, -0.2) is 13.2 Å². The first kappa shape index (κ1) is 75.5. The van der Waals surface area contributed by atoms with Gasteiger partial charge in [-0.3, -0.25) is 14.4 Å². The number of phenols is 1. The number of benzene rings is 9. The first-order chi connectivity index (χ1) is 44.6. The molecule has 0 bridgehead atoms. The van der Waals surface area contributed by atoms with E-state index in [2.05, 4.69) is 79.2 Å². The van der Waals surface area contributed by atoms with Gasteiger partial charge in [0, 0.05) is 61.4 Å². The number of hydrogen-bond acceptors (Lipinski definition) is 14. The van der Waals surface area contributed by atoms with Crippen molar-refractivity contribution in [2.24, 2.45) is 17.2 Å². The molecule has 17 nitrogen and oxygen atoms in total. The van der Waals surface area contributed by atoms with Gasteiger partial charge in [0.15, 0.2) is 17.2 Å². The number of nitrogens with zero attached hydrogens (tertiary/aromatic N) is 3. The summed E-state index contributed by atoms with van der Waals surface area (Å²) in [6.07, 6.45) is 0. The van der Waals surface area contributed by atoms with Gasteiger partial charge in [0.2, 0.25) is 17.7 Å². The minimum absolute atomic E-state index is 0.00832. The van der Waals surface area contributed by atoms with E-state index in [0.29, 0.717) is 68.7 Å². The second kappa shape index (κ2) is 39.4. The molecule has 0 aliphatic rings. The normalized spacial score (nSPS) is 10.2. The van der Waals surface area contributed by atoms with Crippen LogP contribution in [0.4, 0.5) is 35.9 Å². The van der Waals surface area contributed by atoms with Gasteiger partial charge in [0.25, 0.3) is 0 Å². The lowest BCUT2D eigenvalue weighted by atomic mass is 10.1. The quantitative estimate of drug-likeness (QED) is 0.0353. The number of para-hydroxylation sites is 3. The minimum atomic E-state index is -0.503. The molecule has 9 rings (SSSR count). The standard InChI is InChI=1S/C23H24FN3O3.C22H19BrFNO3.C22H20FNO4.CH6N2.Br3P/c1-16(28)27(14-17-12-20(29-2)9-10-21(17)26-15-25)22-13-18(24)8-11-23(22)30-19-6-4-3-5-7-19;1-15(26)25(14-16-12-19(27-2)9-10-20(16)23)21-13-17(24)8-11-22(21)28-18-6-4-3-5-7-18;1-15(25)24(14-16-12-19(27-2)9-10-21(16)26)20-13-17(23)8-11-22(20)28-18-6-4-3-5-7-18;2-1-3;1-4(2)3/h3-13,26H,14-15,25H2,1-2H3;3-13H,14H2,1-2H3;3-13,26H,14H2,1-2H3;1-3H2;. The topological polar surface area (TPSA) is 227 Å². The predicted octanol–water partition coefficient (Wildman–Crippen LogP) is 17.6.